The van der Waals surface area contributed by atoms with Crippen LogP contribution in [0.4, 0.5) is 11.8 Å². The van der Waals surface area contributed by atoms with E-state index in [2.05, 4.69) is 36.6 Å². The minimum Gasteiger partial charge on any atom is -0.383 e. The molecule has 1 unspecified atom stereocenters. The fraction of sp³-hybridized carbons (Fsp3) is 0.250. The lowest BCUT2D eigenvalue weighted by Crippen LogP contribution is -2.52. The zero-order valence-corrected chi connectivity index (χ0v) is 31.2. The number of carbonyl (C=O) groups is 2. The van der Waals surface area contributed by atoms with Crippen molar-refractivity contribution in [2.45, 2.75) is 44.6 Å². The molecular weight excluding hydrogens is 709 g/mol. The lowest BCUT2D eigenvalue weighted by molar-refractivity contribution is -0.129. The highest BCUT2D eigenvalue weighted by atomic mass is 35.5. The van der Waals surface area contributed by atoms with Crippen LogP contribution in [0.1, 0.15) is 28.7 Å². The summed E-state index contributed by atoms with van der Waals surface area (Å²) in [6, 6.07) is 26.9. The van der Waals surface area contributed by atoms with Gasteiger partial charge in [-0.15, -0.1) is 0 Å². The van der Waals surface area contributed by atoms with Gasteiger partial charge >= 0.3 is 0 Å². The standard InChI is InChI=1S/C40H43Cl2N9O2/c1-50(2)22-27-23-51(24-28-29(41)14-9-15-30(28)42)34-17-16-31-36(35(27)34)37(44)49-40(47-31)48-33(20-25-10-5-3-6-11-25)39(53)46-32(18-19-43)38(52)45-21-26-12-7-4-8-13-26/h3-17,23,32-33H,18-22,24,43H2,1-2H3,(H,45,52)(H,46,53)(H3,44,47,48,49)/t32-,33?/m0/s1. The maximum atomic E-state index is 14.0. The lowest BCUT2D eigenvalue weighted by Gasteiger charge is -2.23. The molecule has 2 heterocycles. The van der Waals surface area contributed by atoms with Gasteiger partial charge in [0.25, 0.3) is 0 Å². The molecule has 13 heteroatoms. The van der Waals surface area contributed by atoms with Gasteiger partial charge < -0.3 is 36.9 Å². The first kappa shape index (κ1) is 37.6. The van der Waals surface area contributed by atoms with Crippen molar-refractivity contribution in [3.05, 3.63) is 129 Å². The Kier molecular flexibility index (Phi) is 12.1. The van der Waals surface area contributed by atoms with Crippen LogP contribution in [0, 0.1) is 0 Å². The van der Waals surface area contributed by atoms with Gasteiger partial charge in [0.05, 0.1) is 17.4 Å². The number of nitrogen functional groups attached to an aromatic ring is 1. The SMILES string of the molecule is CN(C)Cc1cn(Cc2c(Cl)cccc2Cl)c2ccc3nc(NC(Cc4ccccc4)C(=O)N[C@@H](CCN)C(=O)NCc4ccccc4)nc(N)c3c12. The maximum absolute atomic E-state index is 14.0. The number of hydrogen-bond acceptors (Lipinski definition) is 8. The van der Waals surface area contributed by atoms with E-state index in [-0.39, 0.29) is 30.6 Å². The van der Waals surface area contributed by atoms with Crippen molar-refractivity contribution in [2.75, 3.05) is 31.7 Å². The Labute approximate surface area is 318 Å². The van der Waals surface area contributed by atoms with E-state index < -0.39 is 18.0 Å². The average molecular weight is 753 g/mol. The van der Waals surface area contributed by atoms with Gasteiger partial charge in [-0.1, -0.05) is 89.9 Å². The second kappa shape index (κ2) is 17.1. The first-order valence-electron chi connectivity index (χ1n) is 17.4. The predicted octanol–water partition coefficient (Wildman–Crippen LogP) is 5.76. The van der Waals surface area contributed by atoms with Crippen molar-refractivity contribution in [1.82, 2.24) is 30.1 Å². The van der Waals surface area contributed by atoms with Crippen LogP contribution in [0.3, 0.4) is 0 Å². The van der Waals surface area contributed by atoms with Crippen molar-refractivity contribution in [1.29, 1.82) is 0 Å². The lowest BCUT2D eigenvalue weighted by atomic mass is 10.0. The second-order valence-electron chi connectivity index (χ2n) is 13.2. The Bertz CT molecular complexity index is 2190. The monoisotopic (exact) mass is 751 g/mol. The predicted molar refractivity (Wildman–Crippen MR) is 214 cm³/mol. The fourth-order valence-electron chi connectivity index (χ4n) is 6.47. The Hall–Kier alpha value is -5.20. The number of nitrogens with one attached hydrogen (secondary N) is 3. The van der Waals surface area contributed by atoms with Gasteiger partial charge in [0.15, 0.2) is 0 Å². The summed E-state index contributed by atoms with van der Waals surface area (Å²) >= 11 is 13.1. The summed E-state index contributed by atoms with van der Waals surface area (Å²) in [5.41, 5.74) is 17.9. The third-order valence-corrected chi connectivity index (χ3v) is 9.70. The van der Waals surface area contributed by atoms with E-state index in [1.807, 2.05) is 105 Å². The molecule has 11 nitrogen and oxygen atoms in total. The summed E-state index contributed by atoms with van der Waals surface area (Å²) in [6.07, 6.45) is 2.65. The van der Waals surface area contributed by atoms with Crippen LogP contribution in [0.25, 0.3) is 21.8 Å². The smallest absolute Gasteiger partial charge is 0.243 e. The molecule has 7 N–H and O–H groups in total. The molecule has 0 fully saturated rings. The Morgan fingerprint density at radius 2 is 1.51 bits per heavy atom. The molecule has 0 aliphatic rings. The Morgan fingerprint density at radius 3 is 2.17 bits per heavy atom. The normalized spacial score (nSPS) is 12.6. The van der Waals surface area contributed by atoms with Crippen LogP contribution in [0.5, 0.6) is 0 Å². The average Bonchev–Trinajstić information content (AvgIpc) is 3.48. The van der Waals surface area contributed by atoms with Crippen LogP contribution >= 0.6 is 23.2 Å². The topological polar surface area (TPSA) is 156 Å². The minimum atomic E-state index is -0.842. The summed E-state index contributed by atoms with van der Waals surface area (Å²) < 4.78 is 2.11. The van der Waals surface area contributed by atoms with E-state index in [4.69, 9.17) is 39.7 Å². The van der Waals surface area contributed by atoms with Gasteiger partial charge in [-0.25, -0.2) is 4.98 Å². The van der Waals surface area contributed by atoms with Gasteiger partial charge in [-0.2, -0.15) is 4.98 Å². The third-order valence-electron chi connectivity index (χ3n) is 8.99. The van der Waals surface area contributed by atoms with Crippen molar-refractivity contribution < 1.29 is 9.59 Å². The number of nitrogens with two attached hydrogens (primary N) is 2. The van der Waals surface area contributed by atoms with Gasteiger partial charge in [0.1, 0.15) is 17.9 Å². The molecule has 0 aliphatic carbocycles. The molecular formula is C40H43Cl2N9O2. The number of benzene rings is 4. The molecule has 274 valence electrons. The molecule has 53 heavy (non-hydrogen) atoms. The van der Waals surface area contributed by atoms with Gasteiger partial charge in [0.2, 0.25) is 17.8 Å². The molecule has 2 atom stereocenters. The molecule has 0 bridgehead atoms. The van der Waals surface area contributed by atoms with Crippen molar-refractivity contribution in [3.63, 3.8) is 0 Å². The third kappa shape index (κ3) is 9.06. The second-order valence-corrected chi connectivity index (χ2v) is 14.0. The molecule has 0 spiro atoms. The number of hydrogen-bond donors (Lipinski definition) is 5. The number of aromatic nitrogens is 3. The molecule has 0 aliphatic heterocycles. The fourth-order valence-corrected chi connectivity index (χ4v) is 6.99. The van der Waals surface area contributed by atoms with E-state index in [0.29, 0.717) is 47.0 Å². The van der Waals surface area contributed by atoms with Gasteiger partial charge in [-0.3, -0.25) is 9.59 Å². The summed E-state index contributed by atoms with van der Waals surface area (Å²) in [5.74, 6) is -0.273. The first-order chi connectivity index (χ1) is 25.6. The number of fused-ring (bicyclic) bond motifs is 3. The molecule has 4 aromatic carbocycles. The maximum Gasteiger partial charge on any atom is 0.243 e. The molecule has 6 aromatic rings. The molecule has 6 rings (SSSR count). The molecule has 0 saturated carbocycles. The Balaban J connectivity index is 1.31. The molecule has 0 saturated heterocycles. The molecule has 2 aromatic heterocycles. The summed E-state index contributed by atoms with van der Waals surface area (Å²) in [4.78, 5) is 38.9. The van der Waals surface area contributed by atoms with Crippen LogP contribution in [0.15, 0.2) is 97.2 Å². The number of carbonyl (C=O) groups excluding carboxylic acids is 2. The van der Waals surface area contributed by atoms with Crippen LogP contribution in [-0.2, 0) is 35.6 Å². The highest BCUT2D eigenvalue weighted by Gasteiger charge is 2.27. The van der Waals surface area contributed by atoms with E-state index in [0.717, 1.165) is 33.2 Å². The van der Waals surface area contributed by atoms with Crippen molar-refractivity contribution >= 4 is 68.6 Å². The van der Waals surface area contributed by atoms with Gasteiger partial charge in [-0.05, 0) is 68.0 Å². The van der Waals surface area contributed by atoms with E-state index >= 15 is 0 Å². The first-order valence-corrected chi connectivity index (χ1v) is 18.1. The summed E-state index contributed by atoms with van der Waals surface area (Å²) in [5, 5.41) is 11.9. The van der Waals surface area contributed by atoms with Crippen molar-refractivity contribution in [2.24, 2.45) is 5.73 Å². The number of amides is 2. The largest absolute Gasteiger partial charge is 0.383 e. The van der Waals surface area contributed by atoms with Crippen LogP contribution < -0.4 is 27.4 Å². The number of halogens is 2. The number of rotatable bonds is 15. The zero-order valence-electron chi connectivity index (χ0n) is 29.7. The molecule has 2 amide bonds. The zero-order chi connectivity index (χ0) is 37.5. The minimum absolute atomic E-state index is 0.186. The summed E-state index contributed by atoms with van der Waals surface area (Å²) in [7, 11) is 4.01. The van der Waals surface area contributed by atoms with E-state index in [1.165, 1.54) is 0 Å². The van der Waals surface area contributed by atoms with E-state index in [9.17, 15) is 9.59 Å². The summed E-state index contributed by atoms with van der Waals surface area (Å²) in [6.45, 7) is 1.63. The van der Waals surface area contributed by atoms with E-state index in [1.54, 1.807) is 0 Å². The van der Waals surface area contributed by atoms with Crippen LogP contribution in [0.2, 0.25) is 10.0 Å². The molecule has 0 radical (unpaired) electrons. The van der Waals surface area contributed by atoms with Crippen LogP contribution in [-0.4, -0.2) is 64.0 Å². The number of nitrogens with zero attached hydrogens (tertiary/aromatic N) is 4. The highest BCUT2D eigenvalue weighted by molar-refractivity contribution is 6.36. The van der Waals surface area contributed by atoms with Gasteiger partial charge in [0, 0.05) is 52.2 Å². The quantitative estimate of drug-likeness (QED) is 0.0888. The van der Waals surface area contributed by atoms with Crippen molar-refractivity contribution in [3.8, 4) is 0 Å². The number of anilines is 2. The Morgan fingerprint density at radius 1 is 0.830 bits per heavy atom. The highest BCUT2D eigenvalue weighted by Crippen LogP contribution is 2.35.